The Bertz CT molecular complexity index is 121. The van der Waals surface area contributed by atoms with Crippen LogP contribution in [-0.4, -0.2) is 44.2 Å². The van der Waals surface area contributed by atoms with Crippen LogP contribution in [0.15, 0.2) is 0 Å². The van der Waals surface area contributed by atoms with Crippen molar-refractivity contribution >= 4 is 0 Å². The van der Waals surface area contributed by atoms with E-state index in [0.717, 1.165) is 13.1 Å². The van der Waals surface area contributed by atoms with E-state index < -0.39 is 0 Å². The molecule has 1 fully saturated rings. The van der Waals surface area contributed by atoms with Crippen molar-refractivity contribution < 1.29 is 0 Å². The highest BCUT2D eigenvalue weighted by Crippen LogP contribution is 2.18. The number of likely N-dealkylation sites (N-methyl/N-ethyl adjacent to an activating group) is 2. The molecule has 0 radical (unpaired) electrons. The monoisotopic (exact) mass is 157 g/mol. The number of hydrogen-bond donors (Lipinski definition) is 2. The number of nitrogens with one attached hydrogen (secondary N) is 1. The van der Waals surface area contributed by atoms with Crippen molar-refractivity contribution in [1.82, 2.24) is 10.2 Å². The van der Waals surface area contributed by atoms with Crippen LogP contribution in [0, 0.1) is 0 Å². The first-order valence-corrected chi connectivity index (χ1v) is 4.30. The van der Waals surface area contributed by atoms with Crippen molar-refractivity contribution in [3.8, 4) is 0 Å². The minimum absolute atomic E-state index is 0.188. The van der Waals surface area contributed by atoms with E-state index in [1.165, 1.54) is 19.4 Å². The molecule has 0 aromatic carbocycles. The number of likely N-dealkylation sites (tertiary alicyclic amines) is 1. The van der Waals surface area contributed by atoms with Gasteiger partial charge in [-0.05, 0) is 33.5 Å². The highest BCUT2D eigenvalue weighted by atomic mass is 15.2. The van der Waals surface area contributed by atoms with Gasteiger partial charge in [-0.1, -0.05) is 0 Å². The fraction of sp³-hybridized carbons (Fsp3) is 1.00. The molecule has 0 spiro atoms. The van der Waals surface area contributed by atoms with E-state index >= 15 is 0 Å². The Kier molecular flexibility index (Phi) is 2.87. The summed E-state index contributed by atoms with van der Waals surface area (Å²) in [5.74, 6) is 0. The highest BCUT2D eigenvalue weighted by Gasteiger charge is 2.30. The average molecular weight is 157 g/mol. The van der Waals surface area contributed by atoms with Gasteiger partial charge in [-0.2, -0.15) is 0 Å². The second-order valence-corrected chi connectivity index (χ2v) is 3.58. The molecule has 1 rings (SSSR count). The van der Waals surface area contributed by atoms with Crippen molar-refractivity contribution in [1.29, 1.82) is 0 Å². The highest BCUT2D eigenvalue weighted by molar-refractivity contribution is 4.93. The van der Waals surface area contributed by atoms with Crippen LogP contribution in [0.1, 0.15) is 12.8 Å². The van der Waals surface area contributed by atoms with Gasteiger partial charge in [0.25, 0.3) is 0 Å². The van der Waals surface area contributed by atoms with Crippen molar-refractivity contribution in [2.24, 2.45) is 5.73 Å². The van der Waals surface area contributed by atoms with Gasteiger partial charge in [-0.25, -0.2) is 0 Å². The van der Waals surface area contributed by atoms with Gasteiger partial charge in [0.05, 0.1) is 0 Å². The summed E-state index contributed by atoms with van der Waals surface area (Å²) in [5.41, 5.74) is 5.91. The van der Waals surface area contributed by atoms with Crippen LogP contribution >= 0.6 is 0 Å². The lowest BCUT2D eigenvalue weighted by Gasteiger charge is -2.40. The predicted octanol–water partition coefficient (Wildman–Crippen LogP) is -0.371. The Morgan fingerprint density at radius 2 is 2.36 bits per heavy atom. The van der Waals surface area contributed by atoms with E-state index in [4.69, 9.17) is 5.73 Å². The molecule has 1 aliphatic heterocycles. The minimum Gasteiger partial charge on any atom is -0.329 e. The Labute approximate surface area is 68.9 Å². The molecular weight excluding hydrogens is 138 g/mol. The Hall–Kier alpha value is -0.120. The molecule has 1 aliphatic rings. The molecule has 0 aromatic heterocycles. The summed E-state index contributed by atoms with van der Waals surface area (Å²) in [6, 6.07) is 0. The first-order chi connectivity index (χ1) is 5.22. The fourth-order valence-corrected chi connectivity index (χ4v) is 1.83. The van der Waals surface area contributed by atoms with E-state index in [1.54, 1.807) is 0 Å². The first-order valence-electron chi connectivity index (χ1n) is 4.30. The zero-order chi connectivity index (χ0) is 8.32. The van der Waals surface area contributed by atoms with Crippen LogP contribution in [-0.2, 0) is 0 Å². The SMILES string of the molecule is CNC1(CN)CCCN(C)C1. The lowest BCUT2D eigenvalue weighted by atomic mass is 9.89. The maximum absolute atomic E-state index is 5.72. The molecule has 0 saturated carbocycles. The largest absolute Gasteiger partial charge is 0.329 e. The van der Waals surface area contributed by atoms with Crippen molar-refractivity contribution in [2.75, 3.05) is 33.7 Å². The van der Waals surface area contributed by atoms with Gasteiger partial charge in [-0.3, -0.25) is 0 Å². The van der Waals surface area contributed by atoms with E-state index in [-0.39, 0.29) is 5.54 Å². The third-order valence-corrected chi connectivity index (χ3v) is 2.69. The number of nitrogens with two attached hydrogens (primary N) is 1. The van der Waals surface area contributed by atoms with Crippen molar-refractivity contribution in [3.05, 3.63) is 0 Å². The molecule has 3 N–H and O–H groups in total. The van der Waals surface area contributed by atoms with Crippen LogP contribution < -0.4 is 11.1 Å². The average Bonchev–Trinajstić information content (AvgIpc) is 2.04. The molecule has 1 unspecified atom stereocenters. The summed E-state index contributed by atoms with van der Waals surface area (Å²) in [7, 11) is 4.16. The zero-order valence-corrected chi connectivity index (χ0v) is 7.56. The normalized spacial score (nSPS) is 34.1. The van der Waals surface area contributed by atoms with Gasteiger partial charge >= 0.3 is 0 Å². The maximum atomic E-state index is 5.72. The molecule has 0 aliphatic carbocycles. The fourth-order valence-electron chi connectivity index (χ4n) is 1.83. The molecule has 0 amide bonds. The Balaban J connectivity index is 2.52. The topological polar surface area (TPSA) is 41.3 Å². The van der Waals surface area contributed by atoms with Crippen LogP contribution in [0.5, 0.6) is 0 Å². The molecule has 11 heavy (non-hydrogen) atoms. The first kappa shape index (κ1) is 8.97. The summed E-state index contributed by atoms with van der Waals surface area (Å²) in [4.78, 5) is 2.34. The standard InChI is InChI=1S/C8H19N3/c1-10-8(6-9)4-3-5-11(2)7-8/h10H,3-7,9H2,1-2H3. The second-order valence-electron chi connectivity index (χ2n) is 3.58. The smallest absolute Gasteiger partial charge is 0.0430 e. The van der Waals surface area contributed by atoms with Gasteiger partial charge in [0.2, 0.25) is 0 Å². The van der Waals surface area contributed by atoms with Gasteiger partial charge in [0, 0.05) is 18.6 Å². The molecule has 1 saturated heterocycles. The Morgan fingerprint density at radius 3 is 2.73 bits per heavy atom. The third-order valence-electron chi connectivity index (χ3n) is 2.69. The summed E-state index contributed by atoms with van der Waals surface area (Å²) in [6.07, 6.45) is 2.47. The molecule has 1 atom stereocenters. The Morgan fingerprint density at radius 1 is 1.64 bits per heavy atom. The molecule has 66 valence electrons. The number of piperidine rings is 1. The van der Waals surface area contributed by atoms with Gasteiger partial charge in [0.1, 0.15) is 0 Å². The van der Waals surface area contributed by atoms with E-state index in [0.29, 0.717) is 0 Å². The molecule has 0 aromatic rings. The lowest BCUT2D eigenvalue weighted by Crippen LogP contribution is -2.59. The summed E-state index contributed by atoms with van der Waals surface area (Å²) in [5, 5.41) is 3.33. The third kappa shape index (κ3) is 1.92. The van der Waals surface area contributed by atoms with E-state index in [2.05, 4.69) is 17.3 Å². The molecule has 3 nitrogen and oxygen atoms in total. The maximum Gasteiger partial charge on any atom is 0.0430 e. The molecule has 0 bridgehead atoms. The van der Waals surface area contributed by atoms with Crippen LogP contribution in [0.25, 0.3) is 0 Å². The predicted molar refractivity (Wildman–Crippen MR) is 47.6 cm³/mol. The van der Waals surface area contributed by atoms with E-state index in [1.807, 2.05) is 7.05 Å². The lowest BCUT2D eigenvalue weighted by molar-refractivity contribution is 0.157. The minimum atomic E-state index is 0.188. The number of nitrogens with zero attached hydrogens (tertiary/aromatic N) is 1. The quantitative estimate of drug-likeness (QED) is 0.574. The summed E-state index contributed by atoms with van der Waals surface area (Å²) in [6.45, 7) is 3.04. The summed E-state index contributed by atoms with van der Waals surface area (Å²) < 4.78 is 0. The second kappa shape index (κ2) is 3.52. The van der Waals surface area contributed by atoms with Crippen molar-refractivity contribution in [3.63, 3.8) is 0 Å². The molecule has 3 heteroatoms. The number of hydrogen-bond acceptors (Lipinski definition) is 3. The van der Waals surface area contributed by atoms with Gasteiger partial charge < -0.3 is 16.0 Å². The zero-order valence-electron chi connectivity index (χ0n) is 7.56. The molecular formula is C8H19N3. The van der Waals surface area contributed by atoms with Gasteiger partial charge in [0.15, 0.2) is 0 Å². The van der Waals surface area contributed by atoms with E-state index in [9.17, 15) is 0 Å². The van der Waals surface area contributed by atoms with Crippen LogP contribution in [0.4, 0.5) is 0 Å². The van der Waals surface area contributed by atoms with Crippen LogP contribution in [0.3, 0.4) is 0 Å². The molecule has 1 heterocycles. The van der Waals surface area contributed by atoms with Gasteiger partial charge in [-0.15, -0.1) is 0 Å². The number of rotatable bonds is 2. The summed E-state index contributed by atoms with van der Waals surface area (Å²) >= 11 is 0. The van der Waals surface area contributed by atoms with Crippen LogP contribution in [0.2, 0.25) is 0 Å². The van der Waals surface area contributed by atoms with Crippen molar-refractivity contribution in [2.45, 2.75) is 18.4 Å².